The Morgan fingerprint density at radius 2 is 2.12 bits per heavy atom. The molecule has 124 valence electrons. The number of nitrogens with zero attached hydrogens (tertiary/aromatic N) is 4. The van der Waals surface area contributed by atoms with Gasteiger partial charge in [-0.15, -0.1) is 0 Å². The van der Waals surface area contributed by atoms with E-state index in [0.29, 0.717) is 17.6 Å². The van der Waals surface area contributed by atoms with Crippen LogP contribution in [0.25, 0.3) is 22.3 Å². The fourth-order valence-corrected chi connectivity index (χ4v) is 3.07. The highest BCUT2D eigenvalue weighted by Gasteiger charge is 2.18. The summed E-state index contributed by atoms with van der Waals surface area (Å²) in [6.45, 7) is 2.15. The molecule has 0 bridgehead atoms. The number of benzene rings is 1. The first kappa shape index (κ1) is 15.0. The number of halogens is 1. The maximum Gasteiger partial charge on any atom is 0.224 e. The lowest BCUT2D eigenvalue weighted by atomic mass is 10.1. The van der Waals surface area contributed by atoms with E-state index in [2.05, 4.69) is 37.4 Å². The van der Waals surface area contributed by atoms with Gasteiger partial charge in [-0.1, -0.05) is 12.1 Å². The number of fused-ring (bicyclic) bond motifs is 1. The molecule has 0 unspecified atom stereocenters. The Morgan fingerprint density at radius 3 is 2.92 bits per heavy atom. The molecule has 7 heteroatoms. The van der Waals surface area contributed by atoms with Gasteiger partial charge in [-0.05, 0) is 45.1 Å². The molecular weight excluding hydrogens is 307 g/mol. The molecule has 4 rings (SSSR count). The zero-order valence-electron chi connectivity index (χ0n) is 13.5. The summed E-state index contributed by atoms with van der Waals surface area (Å²) in [6, 6.07) is 6.79. The average Bonchev–Trinajstić information content (AvgIpc) is 3.00. The third-order valence-electron chi connectivity index (χ3n) is 4.48. The van der Waals surface area contributed by atoms with E-state index in [1.54, 1.807) is 12.3 Å². The molecule has 1 fully saturated rings. The number of aromatic nitrogens is 4. The van der Waals surface area contributed by atoms with Crippen LogP contribution in [0.2, 0.25) is 0 Å². The topological polar surface area (TPSA) is 69.7 Å². The lowest BCUT2D eigenvalue weighted by Gasteiger charge is -2.29. The number of hydrogen-bond donors (Lipinski definition) is 2. The Kier molecular flexibility index (Phi) is 3.86. The summed E-state index contributed by atoms with van der Waals surface area (Å²) in [7, 11) is 2.14. The van der Waals surface area contributed by atoms with E-state index in [1.807, 2.05) is 6.07 Å². The number of likely N-dealkylation sites (tertiary alicyclic amines) is 1. The molecule has 0 spiro atoms. The Balaban J connectivity index is 1.59. The van der Waals surface area contributed by atoms with Crippen molar-refractivity contribution in [2.24, 2.45) is 0 Å². The molecule has 0 atom stereocenters. The van der Waals surface area contributed by atoms with Crippen molar-refractivity contribution in [1.82, 2.24) is 25.1 Å². The number of rotatable bonds is 3. The molecule has 3 aromatic rings. The molecule has 1 aromatic carbocycles. The summed E-state index contributed by atoms with van der Waals surface area (Å²) in [4.78, 5) is 11.2. The average molecular weight is 326 g/mol. The van der Waals surface area contributed by atoms with E-state index in [4.69, 9.17) is 0 Å². The van der Waals surface area contributed by atoms with Gasteiger partial charge in [0.2, 0.25) is 5.95 Å². The van der Waals surface area contributed by atoms with Crippen LogP contribution in [0, 0.1) is 5.82 Å². The van der Waals surface area contributed by atoms with Gasteiger partial charge in [-0.3, -0.25) is 5.10 Å². The van der Waals surface area contributed by atoms with Gasteiger partial charge in [0.15, 0.2) is 5.65 Å². The zero-order chi connectivity index (χ0) is 16.5. The maximum absolute atomic E-state index is 13.4. The first-order valence-corrected chi connectivity index (χ1v) is 8.11. The van der Waals surface area contributed by atoms with Gasteiger partial charge in [-0.2, -0.15) is 10.1 Å². The number of piperidine rings is 1. The summed E-state index contributed by atoms with van der Waals surface area (Å²) in [5.41, 5.74) is 2.05. The minimum Gasteiger partial charge on any atom is -0.351 e. The first-order chi connectivity index (χ1) is 11.7. The largest absolute Gasteiger partial charge is 0.351 e. The molecule has 0 saturated carbocycles. The van der Waals surface area contributed by atoms with E-state index in [-0.39, 0.29) is 5.82 Å². The third kappa shape index (κ3) is 2.94. The second kappa shape index (κ2) is 6.16. The molecule has 0 aliphatic carbocycles. The van der Waals surface area contributed by atoms with Crippen LogP contribution in [0.5, 0.6) is 0 Å². The smallest absolute Gasteiger partial charge is 0.224 e. The standard InChI is InChI=1S/C17H19FN6/c1-24-7-5-13(6-8-24)20-17-19-10-14-15(22-23-16(14)21-17)11-3-2-4-12(18)9-11/h2-4,9-10,13H,5-8H2,1H3,(H2,19,20,21,22,23). The molecule has 2 N–H and O–H groups in total. The summed E-state index contributed by atoms with van der Waals surface area (Å²) in [5, 5.41) is 11.4. The fraction of sp³-hybridized carbons (Fsp3) is 0.353. The van der Waals surface area contributed by atoms with E-state index >= 15 is 0 Å². The number of H-pyrrole nitrogens is 1. The Morgan fingerprint density at radius 1 is 1.29 bits per heavy atom. The van der Waals surface area contributed by atoms with Crippen LogP contribution in [0.3, 0.4) is 0 Å². The van der Waals surface area contributed by atoms with Gasteiger partial charge in [-0.25, -0.2) is 9.37 Å². The minimum atomic E-state index is -0.281. The van der Waals surface area contributed by atoms with Gasteiger partial charge in [0.1, 0.15) is 5.82 Å². The molecular formula is C17H19FN6. The normalized spacial score (nSPS) is 16.6. The lowest BCUT2D eigenvalue weighted by molar-refractivity contribution is 0.263. The SMILES string of the molecule is CN1CCC(Nc2ncc3c(-c4cccc(F)c4)[nH]nc3n2)CC1. The van der Waals surface area contributed by atoms with Crippen LogP contribution in [0.4, 0.5) is 10.3 Å². The van der Waals surface area contributed by atoms with Crippen LogP contribution >= 0.6 is 0 Å². The second-order valence-corrected chi connectivity index (χ2v) is 6.26. The van der Waals surface area contributed by atoms with Crippen molar-refractivity contribution in [2.45, 2.75) is 18.9 Å². The molecule has 1 aliphatic rings. The van der Waals surface area contributed by atoms with Gasteiger partial charge in [0.05, 0.1) is 11.1 Å². The summed E-state index contributed by atoms with van der Waals surface area (Å²) in [6.07, 6.45) is 3.89. The van der Waals surface area contributed by atoms with Crippen molar-refractivity contribution in [1.29, 1.82) is 0 Å². The molecule has 6 nitrogen and oxygen atoms in total. The van der Waals surface area contributed by atoms with E-state index < -0.39 is 0 Å². The first-order valence-electron chi connectivity index (χ1n) is 8.11. The van der Waals surface area contributed by atoms with Gasteiger partial charge < -0.3 is 10.2 Å². The van der Waals surface area contributed by atoms with E-state index in [9.17, 15) is 4.39 Å². The highest BCUT2D eigenvalue weighted by Crippen LogP contribution is 2.26. The summed E-state index contributed by atoms with van der Waals surface area (Å²) < 4.78 is 13.4. The highest BCUT2D eigenvalue weighted by molar-refractivity contribution is 5.90. The molecule has 2 aromatic heterocycles. The van der Waals surface area contributed by atoms with E-state index in [0.717, 1.165) is 42.6 Å². The number of hydrogen-bond acceptors (Lipinski definition) is 5. The Labute approximate surface area is 139 Å². The lowest BCUT2D eigenvalue weighted by Crippen LogP contribution is -2.37. The molecule has 1 aliphatic heterocycles. The van der Waals surface area contributed by atoms with Crippen LogP contribution in [-0.4, -0.2) is 51.2 Å². The van der Waals surface area contributed by atoms with Crippen LogP contribution in [0.15, 0.2) is 30.5 Å². The molecule has 3 heterocycles. The number of aromatic amines is 1. The summed E-state index contributed by atoms with van der Waals surface area (Å²) in [5.74, 6) is 0.311. The van der Waals surface area contributed by atoms with Crippen molar-refractivity contribution in [2.75, 3.05) is 25.5 Å². The van der Waals surface area contributed by atoms with Crippen molar-refractivity contribution in [3.05, 3.63) is 36.3 Å². The number of anilines is 1. The fourth-order valence-electron chi connectivity index (χ4n) is 3.07. The predicted molar refractivity (Wildman–Crippen MR) is 91.2 cm³/mol. The van der Waals surface area contributed by atoms with Gasteiger partial charge in [0, 0.05) is 17.8 Å². The van der Waals surface area contributed by atoms with Crippen molar-refractivity contribution >= 4 is 17.0 Å². The minimum absolute atomic E-state index is 0.281. The zero-order valence-corrected chi connectivity index (χ0v) is 13.5. The predicted octanol–water partition coefficient (Wildman–Crippen LogP) is 2.67. The van der Waals surface area contributed by atoms with Crippen molar-refractivity contribution in [3.63, 3.8) is 0 Å². The molecule has 24 heavy (non-hydrogen) atoms. The molecule has 0 radical (unpaired) electrons. The van der Waals surface area contributed by atoms with Crippen LogP contribution < -0.4 is 5.32 Å². The molecule has 0 amide bonds. The van der Waals surface area contributed by atoms with Crippen LogP contribution in [-0.2, 0) is 0 Å². The highest BCUT2D eigenvalue weighted by atomic mass is 19.1. The summed E-state index contributed by atoms with van der Waals surface area (Å²) >= 11 is 0. The third-order valence-corrected chi connectivity index (χ3v) is 4.48. The quantitative estimate of drug-likeness (QED) is 0.774. The molecule has 1 saturated heterocycles. The van der Waals surface area contributed by atoms with E-state index in [1.165, 1.54) is 12.1 Å². The van der Waals surface area contributed by atoms with Crippen LogP contribution in [0.1, 0.15) is 12.8 Å². The van der Waals surface area contributed by atoms with Gasteiger partial charge in [0.25, 0.3) is 0 Å². The number of nitrogens with one attached hydrogen (secondary N) is 2. The maximum atomic E-state index is 13.4. The van der Waals surface area contributed by atoms with Gasteiger partial charge >= 0.3 is 0 Å². The Bertz CT molecular complexity index is 853. The van der Waals surface area contributed by atoms with Crippen molar-refractivity contribution in [3.8, 4) is 11.3 Å². The Hall–Kier alpha value is -2.54. The monoisotopic (exact) mass is 326 g/mol. The second-order valence-electron chi connectivity index (χ2n) is 6.26. The van der Waals surface area contributed by atoms with Crippen molar-refractivity contribution < 1.29 is 4.39 Å².